The first-order chi connectivity index (χ1) is 21.7. The molecule has 11 heteroatoms. The van der Waals surface area contributed by atoms with Crippen LogP contribution in [0.5, 0.6) is 0 Å². The summed E-state index contributed by atoms with van der Waals surface area (Å²) >= 11 is 13.4. The summed E-state index contributed by atoms with van der Waals surface area (Å²) in [5, 5.41) is 0.829. The van der Waals surface area contributed by atoms with E-state index in [2.05, 4.69) is 4.99 Å². The summed E-state index contributed by atoms with van der Waals surface area (Å²) in [6.45, 7) is 1.76. The van der Waals surface area contributed by atoms with Gasteiger partial charge in [0.1, 0.15) is 18.1 Å². The Morgan fingerprint density at radius 3 is 2.44 bits per heavy atom. The van der Waals surface area contributed by atoms with E-state index in [4.69, 9.17) is 37.1 Å². The number of methoxy groups -OCH3 is 1. The van der Waals surface area contributed by atoms with E-state index in [-0.39, 0.29) is 17.7 Å². The molecule has 0 aliphatic carbocycles. The van der Waals surface area contributed by atoms with Gasteiger partial charge in [-0.3, -0.25) is 9.36 Å². The predicted molar refractivity (Wildman–Crippen MR) is 172 cm³/mol. The first-order valence-corrected chi connectivity index (χ1v) is 15.3. The monoisotopic (exact) mass is 658 g/mol. The number of ether oxygens (including phenoxy) is 2. The van der Waals surface area contributed by atoms with E-state index in [1.165, 1.54) is 23.0 Å². The highest BCUT2D eigenvalue weighted by Gasteiger charge is 2.33. The van der Waals surface area contributed by atoms with Gasteiger partial charge < -0.3 is 13.9 Å². The smallest absolute Gasteiger partial charge is 0.338 e. The number of fused-ring (bicyclic) bond motifs is 1. The van der Waals surface area contributed by atoms with E-state index in [0.717, 1.165) is 11.1 Å². The minimum Gasteiger partial charge on any atom is -0.465 e. The molecule has 0 fully saturated rings. The lowest BCUT2D eigenvalue weighted by molar-refractivity contribution is -0.140. The van der Waals surface area contributed by atoms with Gasteiger partial charge in [0.15, 0.2) is 4.80 Å². The molecule has 3 heterocycles. The quantitative estimate of drug-likeness (QED) is 0.189. The lowest BCUT2D eigenvalue weighted by Crippen LogP contribution is -2.39. The Balaban J connectivity index is 1.41. The van der Waals surface area contributed by atoms with Crippen LogP contribution in [0.2, 0.25) is 10.0 Å². The van der Waals surface area contributed by atoms with Crippen molar-refractivity contribution in [3.8, 4) is 11.3 Å². The van der Waals surface area contributed by atoms with E-state index in [1.54, 1.807) is 67.6 Å². The van der Waals surface area contributed by atoms with Crippen LogP contribution < -0.4 is 14.9 Å². The number of halogens is 2. The van der Waals surface area contributed by atoms with Crippen molar-refractivity contribution in [3.63, 3.8) is 0 Å². The maximum atomic E-state index is 14.0. The van der Waals surface area contributed by atoms with Gasteiger partial charge in [-0.1, -0.05) is 77.0 Å². The van der Waals surface area contributed by atoms with Crippen molar-refractivity contribution in [1.82, 2.24) is 4.57 Å². The summed E-state index contributed by atoms with van der Waals surface area (Å²) in [4.78, 5) is 44.8. The Kier molecular flexibility index (Phi) is 8.58. The molecule has 0 saturated heterocycles. The molecule has 0 N–H and O–H groups in total. The number of hydrogen-bond donors (Lipinski definition) is 0. The van der Waals surface area contributed by atoms with E-state index in [1.807, 2.05) is 30.3 Å². The molecule has 0 bridgehead atoms. The van der Waals surface area contributed by atoms with Crippen molar-refractivity contribution >= 4 is 52.6 Å². The lowest BCUT2D eigenvalue weighted by Gasteiger charge is -2.25. The molecular weight excluding hydrogens is 635 g/mol. The highest BCUT2D eigenvalue weighted by Crippen LogP contribution is 2.32. The van der Waals surface area contributed by atoms with Crippen LogP contribution in [0.15, 0.2) is 110 Å². The minimum absolute atomic E-state index is 0.0501. The molecule has 45 heavy (non-hydrogen) atoms. The number of carbonyl (C=O) groups excluding carboxylic acids is 2. The summed E-state index contributed by atoms with van der Waals surface area (Å²) in [5.74, 6) is -0.110. The van der Waals surface area contributed by atoms with Crippen LogP contribution in [0.3, 0.4) is 0 Å². The normalized spacial score (nSPS) is 14.6. The predicted octanol–water partition coefficient (Wildman–Crippen LogP) is 6.33. The number of allylic oxidation sites excluding steroid dienone is 1. The van der Waals surface area contributed by atoms with Crippen molar-refractivity contribution < 1.29 is 23.5 Å². The zero-order valence-electron chi connectivity index (χ0n) is 24.0. The molecule has 226 valence electrons. The third-order valence-corrected chi connectivity index (χ3v) is 8.93. The van der Waals surface area contributed by atoms with Gasteiger partial charge in [0, 0.05) is 11.6 Å². The van der Waals surface area contributed by atoms with Gasteiger partial charge in [0.25, 0.3) is 5.56 Å². The van der Waals surface area contributed by atoms with E-state index < -0.39 is 18.0 Å². The molecule has 0 radical (unpaired) electrons. The fraction of sp³-hybridized carbons (Fsp3) is 0.118. The number of esters is 2. The molecule has 0 spiro atoms. The van der Waals surface area contributed by atoms with Crippen LogP contribution in [0.25, 0.3) is 17.4 Å². The minimum atomic E-state index is -0.859. The van der Waals surface area contributed by atoms with Crippen molar-refractivity contribution in [2.24, 2.45) is 4.99 Å². The van der Waals surface area contributed by atoms with Crippen LogP contribution in [-0.2, 0) is 20.9 Å². The number of hydrogen-bond acceptors (Lipinski definition) is 8. The molecule has 8 nitrogen and oxygen atoms in total. The van der Waals surface area contributed by atoms with Crippen LogP contribution in [0.4, 0.5) is 0 Å². The van der Waals surface area contributed by atoms with Crippen molar-refractivity contribution in [3.05, 3.63) is 148 Å². The Morgan fingerprint density at radius 1 is 0.978 bits per heavy atom. The Bertz CT molecular complexity index is 2150. The van der Waals surface area contributed by atoms with Crippen molar-refractivity contribution in [2.45, 2.75) is 19.6 Å². The maximum absolute atomic E-state index is 14.0. The Morgan fingerprint density at radius 2 is 1.73 bits per heavy atom. The summed E-state index contributed by atoms with van der Waals surface area (Å²) in [6, 6.07) is 23.7. The van der Waals surface area contributed by atoms with Crippen molar-refractivity contribution in [2.75, 3.05) is 7.11 Å². The zero-order valence-corrected chi connectivity index (χ0v) is 26.3. The summed E-state index contributed by atoms with van der Waals surface area (Å²) in [6.07, 6.45) is 1.63. The average Bonchev–Trinajstić information content (AvgIpc) is 3.64. The molecule has 2 aromatic heterocycles. The summed E-state index contributed by atoms with van der Waals surface area (Å²) in [7, 11) is 1.30. The average molecular weight is 660 g/mol. The SMILES string of the molecule is COC(=O)c1ccc(C2C(C(=O)OCc3ccccc3)=C(C)N=c3sc(=Cc4ccc(-c5ccc(Cl)c(Cl)c5)o4)c(=O)n32)cc1. The van der Waals surface area contributed by atoms with E-state index in [0.29, 0.717) is 47.7 Å². The van der Waals surface area contributed by atoms with E-state index >= 15 is 0 Å². The standard InChI is InChI=1S/C34H24Cl2N2O6S/c1-19-29(33(41)43-18-20-6-4-3-5-7-20)30(21-8-10-22(11-9-21)32(40)42-2)38-31(39)28(45-34(38)37-19)17-24-13-15-27(44-24)23-12-14-25(35)26(36)16-23/h3-17,30H,18H2,1-2H3. The highest BCUT2D eigenvalue weighted by molar-refractivity contribution is 7.07. The van der Waals surface area contributed by atoms with Crippen LogP contribution in [0, 0.1) is 0 Å². The number of aromatic nitrogens is 1. The Hall–Kier alpha value is -4.70. The topological polar surface area (TPSA) is 100 Å². The zero-order chi connectivity index (χ0) is 31.7. The van der Waals surface area contributed by atoms with Gasteiger partial charge in [0.2, 0.25) is 0 Å². The molecule has 3 aromatic carbocycles. The number of nitrogens with zero attached hydrogens (tertiary/aromatic N) is 2. The van der Waals surface area contributed by atoms with Gasteiger partial charge in [-0.2, -0.15) is 0 Å². The Labute approximate surface area is 271 Å². The van der Waals surface area contributed by atoms with Gasteiger partial charge in [-0.25, -0.2) is 14.6 Å². The third kappa shape index (κ3) is 6.15. The van der Waals surface area contributed by atoms with Gasteiger partial charge in [-0.05, 0) is 60.5 Å². The fourth-order valence-corrected chi connectivity index (χ4v) is 6.31. The van der Waals surface area contributed by atoms with E-state index in [9.17, 15) is 14.4 Å². The third-order valence-electron chi connectivity index (χ3n) is 7.21. The molecule has 0 amide bonds. The first kappa shape index (κ1) is 30.3. The molecular formula is C34H24Cl2N2O6S. The van der Waals surface area contributed by atoms with Gasteiger partial charge >= 0.3 is 11.9 Å². The molecule has 1 aliphatic heterocycles. The second kappa shape index (κ2) is 12.7. The van der Waals surface area contributed by atoms with Crippen LogP contribution >= 0.6 is 34.5 Å². The maximum Gasteiger partial charge on any atom is 0.338 e. The van der Waals surface area contributed by atoms with Crippen LogP contribution in [-0.4, -0.2) is 23.6 Å². The number of carbonyl (C=O) groups is 2. The lowest BCUT2D eigenvalue weighted by atomic mass is 9.95. The fourth-order valence-electron chi connectivity index (χ4n) is 4.98. The van der Waals surface area contributed by atoms with Gasteiger partial charge in [0.05, 0.1) is 44.6 Å². The summed E-state index contributed by atoms with van der Waals surface area (Å²) in [5.41, 5.74) is 2.75. The van der Waals surface area contributed by atoms with Gasteiger partial charge in [-0.15, -0.1) is 0 Å². The van der Waals surface area contributed by atoms with Crippen LogP contribution in [0.1, 0.15) is 40.2 Å². The molecule has 6 rings (SSSR count). The molecule has 1 atom stereocenters. The van der Waals surface area contributed by atoms with Crippen molar-refractivity contribution in [1.29, 1.82) is 0 Å². The first-order valence-electron chi connectivity index (χ1n) is 13.7. The summed E-state index contributed by atoms with van der Waals surface area (Å²) < 4.78 is 18.4. The largest absolute Gasteiger partial charge is 0.465 e. The number of benzene rings is 3. The number of thiazole rings is 1. The molecule has 0 saturated carbocycles. The number of furan rings is 1. The second-order valence-electron chi connectivity index (χ2n) is 10.1. The highest BCUT2D eigenvalue weighted by atomic mass is 35.5. The molecule has 1 unspecified atom stereocenters. The molecule has 5 aromatic rings. The number of rotatable bonds is 7. The molecule has 1 aliphatic rings. The second-order valence-corrected chi connectivity index (χ2v) is 11.9.